The van der Waals surface area contributed by atoms with Crippen LogP contribution in [-0.4, -0.2) is 15.2 Å². The summed E-state index contributed by atoms with van der Waals surface area (Å²) in [5.41, 5.74) is 1.57. The Bertz CT molecular complexity index is 857. The molecule has 3 rings (SSSR count). The summed E-state index contributed by atoms with van der Waals surface area (Å²) in [7, 11) is 0. The van der Waals surface area contributed by atoms with Gasteiger partial charge >= 0.3 is 0 Å². The van der Waals surface area contributed by atoms with Crippen LogP contribution in [0.15, 0.2) is 48.7 Å². The molecule has 1 heterocycles. The number of rotatable bonds is 5. The zero-order valence-corrected chi connectivity index (χ0v) is 14.6. The van der Waals surface area contributed by atoms with Gasteiger partial charge in [-0.3, -0.25) is 0 Å². The lowest BCUT2D eigenvalue weighted by molar-refractivity contribution is 0.966. The highest BCUT2D eigenvalue weighted by Gasteiger charge is 2.07. The summed E-state index contributed by atoms with van der Waals surface area (Å²) in [6, 6.07) is 12.9. The second kappa shape index (κ2) is 7.66. The molecule has 0 amide bonds. The van der Waals surface area contributed by atoms with Gasteiger partial charge in [-0.2, -0.15) is 10.1 Å². The molecule has 0 aliphatic rings. The van der Waals surface area contributed by atoms with Crippen molar-refractivity contribution >= 4 is 52.3 Å². The minimum atomic E-state index is 0.309. The first kappa shape index (κ1) is 16.8. The maximum Gasteiger partial charge on any atom is 0.249 e. The Morgan fingerprint density at radius 1 is 0.917 bits per heavy atom. The van der Waals surface area contributed by atoms with Gasteiger partial charge in [0.15, 0.2) is 5.82 Å². The van der Waals surface area contributed by atoms with Gasteiger partial charge in [0.25, 0.3) is 0 Å². The van der Waals surface area contributed by atoms with Crippen molar-refractivity contribution in [2.24, 2.45) is 0 Å². The van der Waals surface area contributed by atoms with Gasteiger partial charge in [0.1, 0.15) is 0 Å². The average Bonchev–Trinajstić information content (AvgIpc) is 2.59. The van der Waals surface area contributed by atoms with Gasteiger partial charge in [-0.05, 0) is 23.8 Å². The molecule has 5 nitrogen and oxygen atoms in total. The summed E-state index contributed by atoms with van der Waals surface area (Å²) in [5, 5.41) is 15.5. The Morgan fingerprint density at radius 3 is 2.54 bits per heavy atom. The molecule has 0 fully saturated rings. The van der Waals surface area contributed by atoms with Gasteiger partial charge < -0.3 is 10.6 Å². The minimum absolute atomic E-state index is 0.309. The van der Waals surface area contributed by atoms with Crippen molar-refractivity contribution in [2.45, 2.75) is 6.54 Å². The van der Waals surface area contributed by atoms with Gasteiger partial charge in [0, 0.05) is 11.6 Å². The largest absolute Gasteiger partial charge is 0.364 e. The molecule has 0 spiro atoms. The molecule has 24 heavy (non-hydrogen) atoms. The third kappa shape index (κ3) is 4.06. The highest BCUT2D eigenvalue weighted by Crippen LogP contribution is 2.30. The van der Waals surface area contributed by atoms with E-state index in [2.05, 4.69) is 25.8 Å². The van der Waals surface area contributed by atoms with Crippen molar-refractivity contribution in [3.63, 3.8) is 0 Å². The van der Waals surface area contributed by atoms with E-state index in [0.717, 1.165) is 5.56 Å². The lowest BCUT2D eigenvalue weighted by Crippen LogP contribution is -2.06. The fourth-order valence-electron chi connectivity index (χ4n) is 1.99. The zero-order valence-electron chi connectivity index (χ0n) is 12.3. The van der Waals surface area contributed by atoms with E-state index in [0.29, 0.717) is 39.1 Å². The summed E-state index contributed by atoms with van der Waals surface area (Å²) in [5.74, 6) is 0.869. The molecule has 2 aromatic carbocycles. The van der Waals surface area contributed by atoms with Crippen LogP contribution in [0.3, 0.4) is 0 Å². The summed E-state index contributed by atoms with van der Waals surface area (Å²) < 4.78 is 0. The van der Waals surface area contributed by atoms with E-state index < -0.39 is 0 Å². The van der Waals surface area contributed by atoms with Crippen LogP contribution in [0.2, 0.25) is 15.1 Å². The van der Waals surface area contributed by atoms with E-state index >= 15 is 0 Å². The molecule has 0 saturated heterocycles. The smallest absolute Gasteiger partial charge is 0.249 e. The maximum absolute atomic E-state index is 6.14. The predicted octanol–water partition coefficient (Wildman–Crippen LogP) is 5.19. The molecule has 122 valence electrons. The van der Waals surface area contributed by atoms with Crippen molar-refractivity contribution in [1.82, 2.24) is 15.2 Å². The molecule has 3 aromatic rings. The van der Waals surface area contributed by atoms with Gasteiger partial charge in [0.05, 0.1) is 21.9 Å². The van der Waals surface area contributed by atoms with E-state index in [9.17, 15) is 0 Å². The summed E-state index contributed by atoms with van der Waals surface area (Å²) in [4.78, 5) is 4.34. The molecular weight excluding hydrogens is 369 g/mol. The number of hydrogen-bond acceptors (Lipinski definition) is 5. The van der Waals surface area contributed by atoms with Gasteiger partial charge in [-0.15, -0.1) is 5.10 Å². The molecule has 0 unspecified atom stereocenters. The lowest BCUT2D eigenvalue weighted by atomic mass is 10.2. The van der Waals surface area contributed by atoms with Gasteiger partial charge in [0.2, 0.25) is 5.95 Å². The number of nitrogens with zero attached hydrogens (tertiary/aromatic N) is 3. The Hall–Kier alpha value is -2.08. The highest BCUT2D eigenvalue weighted by molar-refractivity contribution is 6.43. The predicted molar refractivity (Wildman–Crippen MR) is 98.4 cm³/mol. The highest BCUT2D eigenvalue weighted by atomic mass is 35.5. The molecule has 0 aliphatic carbocycles. The second-order valence-corrected chi connectivity index (χ2v) is 6.03. The number of aromatic nitrogens is 3. The van der Waals surface area contributed by atoms with Crippen LogP contribution >= 0.6 is 34.8 Å². The van der Waals surface area contributed by atoms with Crippen molar-refractivity contribution in [3.8, 4) is 0 Å². The number of hydrogen-bond donors (Lipinski definition) is 2. The molecule has 1 aromatic heterocycles. The minimum Gasteiger partial charge on any atom is -0.364 e. The van der Waals surface area contributed by atoms with E-state index in [1.165, 1.54) is 6.20 Å². The van der Waals surface area contributed by atoms with Crippen LogP contribution < -0.4 is 10.6 Å². The maximum atomic E-state index is 6.14. The van der Waals surface area contributed by atoms with Crippen molar-refractivity contribution in [1.29, 1.82) is 0 Å². The van der Waals surface area contributed by atoms with Crippen LogP contribution in [-0.2, 0) is 6.54 Å². The van der Waals surface area contributed by atoms with Gasteiger partial charge in [-0.25, -0.2) is 0 Å². The van der Waals surface area contributed by atoms with E-state index in [4.69, 9.17) is 34.8 Å². The van der Waals surface area contributed by atoms with Gasteiger partial charge in [-0.1, -0.05) is 59.1 Å². The standard InChI is InChI=1S/C16H12Cl3N5/c17-11-5-2-1-4-10(11)8-20-14-9-21-24-16(23-14)22-13-7-3-6-12(18)15(13)19/h1-7,9H,8H2,(H2,20,22,23,24). The molecule has 0 saturated carbocycles. The first-order chi connectivity index (χ1) is 11.6. The Kier molecular flexibility index (Phi) is 5.35. The number of halogens is 3. The number of nitrogens with one attached hydrogen (secondary N) is 2. The molecule has 0 aliphatic heterocycles. The SMILES string of the molecule is Clc1ccccc1CNc1cnnc(Nc2cccc(Cl)c2Cl)n1. The topological polar surface area (TPSA) is 62.7 Å². The van der Waals surface area contributed by atoms with Crippen LogP contribution in [0, 0.1) is 0 Å². The summed E-state index contributed by atoms with van der Waals surface area (Å²) >= 11 is 18.3. The van der Waals surface area contributed by atoms with Crippen molar-refractivity contribution in [2.75, 3.05) is 10.6 Å². The van der Waals surface area contributed by atoms with Crippen LogP contribution in [0.25, 0.3) is 0 Å². The van der Waals surface area contributed by atoms with Crippen LogP contribution in [0.1, 0.15) is 5.56 Å². The first-order valence-corrected chi connectivity index (χ1v) is 8.15. The lowest BCUT2D eigenvalue weighted by Gasteiger charge is -2.10. The molecule has 0 radical (unpaired) electrons. The quantitative estimate of drug-likeness (QED) is 0.638. The first-order valence-electron chi connectivity index (χ1n) is 7.01. The van der Waals surface area contributed by atoms with E-state index in [-0.39, 0.29) is 0 Å². The summed E-state index contributed by atoms with van der Waals surface area (Å²) in [6.07, 6.45) is 1.53. The van der Waals surface area contributed by atoms with Crippen LogP contribution in [0.4, 0.5) is 17.5 Å². The van der Waals surface area contributed by atoms with E-state index in [1.807, 2.05) is 24.3 Å². The molecular formula is C16H12Cl3N5. The summed E-state index contributed by atoms with van der Waals surface area (Å²) in [6.45, 7) is 0.524. The fraction of sp³-hybridized carbons (Fsp3) is 0.0625. The molecule has 0 bridgehead atoms. The molecule has 0 atom stereocenters. The number of benzene rings is 2. The Morgan fingerprint density at radius 2 is 1.71 bits per heavy atom. The monoisotopic (exact) mass is 379 g/mol. The van der Waals surface area contributed by atoms with Crippen molar-refractivity contribution in [3.05, 3.63) is 69.3 Å². The van der Waals surface area contributed by atoms with Crippen LogP contribution in [0.5, 0.6) is 0 Å². The number of anilines is 3. The Balaban J connectivity index is 1.72. The molecule has 2 N–H and O–H groups in total. The fourth-order valence-corrected chi connectivity index (χ4v) is 2.54. The van der Waals surface area contributed by atoms with Crippen molar-refractivity contribution < 1.29 is 0 Å². The average molecular weight is 381 g/mol. The second-order valence-electron chi connectivity index (χ2n) is 4.84. The Labute approximate surface area is 154 Å². The third-order valence-electron chi connectivity index (χ3n) is 3.17. The van der Waals surface area contributed by atoms with E-state index in [1.54, 1.807) is 18.2 Å². The third-order valence-corrected chi connectivity index (χ3v) is 4.36. The zero-order chi connectivity index (χ0) is 16.9. The molecule has 8 heteroatoms. The normalized spacial score (nSPS) is 10.5.